The van der Waals surface area contributed by atoms with Crippen LogP contribution in [0.15, 0.2) is 12.1 Å². The number of anilines is 1. The second kappa shape index (κ2) is 7.29. The number of rotatable bonds is 6. The van der Waals surface area contributed by atoms with Crippen LogP contribution in [0.25, 0.3) is 0 Å². The van der Waals surface area contributed by atoms with Gasteiger partial charge >= 0.3 is 0 Å². The molecule has 0 saturated heterocycles. The van der Waals surface area contributed by atoms with Crippen LogP contribution in [0.5, 0.6) is 5.75 Å². The molecule has 0 aromatic heterocycles. The molecule has 0 fully saturated rings. The summed E-state index contributed by atoms with van der Waals surface area (Å²) in [5, 5.41) is 12.7. The molecule has 0 unspecified atom stereocenters. The van der Waals surface area contributed by atoms with Crippen molar-refractivity contribution in [2.45, 2.75) is 53.1 Å². The van der Waals surface area contributed by atoms with E-state index in [1.807, 2.05) is 40.7 Å². The molecule has 0 heterocycles. The molecule has 2 N–H and O–H groups in total. The first-order valence-electron chi connectivity index (χ1n) is 7.10. The van der Waals surface area contributed by atoms with E-state index in [1.165, 1.54) is 0 Å². The number of hydrogen-bond acceptors (Lipinski definition) is 3. The summed E-state index contributed by atoms with van der Waals surface area (Å²) in [6, 6.07) is 3.51. The number of nitrogens with one attached hydrogen (secondary N) is 1. The minimum atomic E-state index is -0.172. The fraction of sp³-hybridized carbons (Fsp3) is 0.562. The van der Waals surface area contributed by atoms with Crippen LogP contribution in [0.2, 0.25) is 0 Å². The van der Waals surface area contributed by atoms with Crippen molar-refractivity contribution in [3.8, 4) is 5.75 Å². The molecule has 1 amide bonds. The highest BCUT2D eigenvalue weighted by Crippen LogP contribution is 2.31. The molecule has 0 radical (unpaired) electrons. The van der Waals surface area contributed by atoms with E-state index >= 15 is 0 Å². The standard InChI is InChI=1S/C16H25NO3/c1-6-12(5)20-9-16(19)17-14-8-13(10(2)3)15(18)7-11(14)4/h7-8,10,12,18H,6,9H2,1-5H3,(H,17,19)/t12-/m0/s1. The summed E-state index contributed by atoms with van der Waals surface area (Å²) in [5.74, 6) is 0.294. The first-order chi connectivity index (χ1) is 9.35. The van der Waals surface area contributed by atoms with E-state index in [1.54, 1.807) is 6.07 Å². The van der Waals surface area contributed by atoms with Crippen molar-refractivity contribution >= 4 is 11.6 Å². The van der Waals surface area contributed by atoms with E-state index in [4.69, 9.17) is 4.74 Å². The van der Waals surface area contributed by atoms with Crippen molar-refractivity contribution < 1.29 is 14.6 Å². The van der Waals surface area contributed by atoms with Gasteiger partial charge in [-0.15, -0.1) is 0 Å². The first kappa shape index (κ1) is 16.5. The van der Waals surface area contributed by atoms with Gasteiger partial charge in [0.05, 0.1) is 6.10 Å². The van der Waals surface area contributed by atoms with Crippen molar-refractivity contribution in [1.29, 1.82) is 0 Å². The predicted octanol–water partition coefficient (Wildman–Crippen LogP) is 3.58. The Balaban J connectivity index is 2.77. The lowest BCUT2D eigenvalue weighted by Gasteiger charge is -2.15. The highest BCUT2D eigenvalue weighted by molar-refractivity contribution is 5.92. The van der Waals surface area contributed by atoms with Crippen LogP contribution in [-0.4, -0.2) is 23.7 Å². The average molecular weight is 279 g/mol. The number of ether oxygens (including phenoxy) is 1. The van der Waals surface area contributed by atoms with E-state index < -0.39 is 0 Å². The van der Waals surface area contributed by atoms with E-state index in [0.717, 1.165) is 23.2 Å². The number of phenols is 1. The number of aryl methyl sites for hydroxylation is 1. The quantitative estimate of drug-likeness (QED) is 0.782. The third-order valence-electron chi connectivity index (χ3n) is 3.34. The van der Waals surface area contributed by atoms with E-state index in [0.29, 0.717) is 0 Å². The summed E-state index contributed by atoms with van der Waals surface area (Å²) in [6.07, 6.45) is 0.955. The van der Waals surface area contributed by atoms with Crippen LogP contribution in [0.1, 0.15) is 51.2 Å². The molecule has 0 aliphatic heterocycles. The van der Waals surface area contributed by atoms with Crippen LogP contribution < -0.4 is 5.32 Å². The second-order valence-corrected chi connectivity index (χ2v) is 5.46. The maximum Gasteiger partial charge on any atom is 0.250 e. The average Bonchev–Trinajstić information content (AvgIpc) is 2.38. The van der Waals surface area contributed by atoms with Crippen molar-refractivity contribution in [2.75, 3.05) is 11.9 Å². The number of carbonyl (C=O) groups excluding carboxylic acids is 1. The number of phenolic OH excluding ortho intramolecular Hbond substituents is 1. The van der Waals surface area contributed by atoms with Gasteiger partial charge in [-0.25, -0.2) is 0 Å². The Bertz CT molecular complexity index is 469. The Hall–Kier alpha value is -1.55. The fourth-order valence-corrected chi connectivity index (χ4v) is 1.83. The zero-order valence-corrected chi connectivity index (χ0v) is 13.0. The molecule has 1 rings (SSSR count). The van der Waals surface area contributed by atoms with Crippen molar-refractivity contribution in [2.24, 2.45) is 0 Å². The van der Waals surface area contributed by atoms with E-state index in [-0.39, 0.29) is 30.3 Å². The normalized spacial score (nSPS) is 12.5. The predicted molar refractivity (Wildman–Crippen MR) is 81.3 cm³/mol. The molecule has 0 aliphatic carbocycles. The van der Waals surface area contributed by atoms with Gasteiger partial charge in [0.25, 0.3) is 0 Å². The smallest absolute Gasteiger partial charge is 0.250 e. The van der Waals surface area contributed by atoms with Gasteiger partial charge in [0, 0.05) is 5.69 Å². The van der Waals surface area contributed by atoms with Crippen molar-refractivity contribution in [3.63, 3.8) is 0 Å². The molecule has 0 saturated carbocycles. The third-order valence-corrected chi connectivity index (χ3v) is 3.34. The van der Waals surface area contributed by atoms with Gasteiger partial charge in [0.15, 0.2) is 0 Å². The van der Waals surface area contributed by atoms with Crippen LogP contribution >= 0.6 is 0 Å². The highest BCUT2D eigenvalue weighted by atomic mass is 16.5. The Labute approximate surface area is 121 Å². The van der Waals surface area contributed by atoms with Gasteiger partial charge in [0.1, 0.15) is 12.4 Å². The summed E-state index contributed by atoms with van der Waals surface area (Å²) in [7, 11) is 0. The molecular formula is C16H25NO3. The molecule has 4 heteroatoms. The molecule has 1 aromatic carbocycles. The molecule has 4 nitrogen and oxygen atoms in total. The van der Waals surface area contributed by atoms with Gasteiger partial charge in [-0.2, -0.15) is 0 Å². The largest absolute Gasteiger partial charge is 0.508 e. The molecule has 1 atom stereocenters. The Morgan fingerprint density at radius 1 is 1.35 bits per heavy atom. The van der Waals surface area contributed by atoms with Gasteiger partial charge < -0.3 is 15.2 Å². The van der Waals surface area contributed by atoms with Gasteiger partial charge in [-0.1, -0.05) is 20.8 Å². The summed E-state index contributed by atoms with van der Waals surface area (Å²) in [6.45, 7) is 9.86. The topological polar surface area (TPSA) is 58.6 Å². The third kappa shape index (κ3) is 4.53. The lowest BCUT2D eigenvalue weighted by Crippen LogP contribution is -2.22. The van der Waals surface area contributed by atoms with Gasteiger partial charge in [0.2, 0.25) is 5.91 Å². The fourth-order valence-electron chi connectivity index (χ4n) is 1.83. The molecule has 0 bridgehead atoms. The number of amides is 1. The molecule has 1 aromatic rings. The van der Waals surface area contributed by atoms with Crippen molar-refractivity contribution in [3.05, 3.63) is 23.3 Å². The highest BCUT2D eigenvalue weighted by Gasteiger charge is 2.12. The Morgan fingerprint density at radius 2 is 2.00 bits per heavy atom. The zero-order valence-electron chi connectivity index (χ0n) is 13.0. The van der Waals surface area contributed by atoms with Crippen LogP contribution in [0.3, 0.4) is 0 Å². The lowest BCUT2D eigenvalue weighted by molar-refractivity contribution is -0.122. The Morgan fingerprint density at radius 3 is 2.55 bits per heavy atom. The summed E-state index contributed by atoms with van der Waals surface area (Å²) in [5.41, 5.74) is 2.39. The molecule has 0 aliphatic rings. The minimum Gasteiger partial charge on any atom is -0.508 e. The summed E-state index contributed by atoms with van der Waals surface area (Å²) in [4.78, 5) is 11.9. The monoisotopic (exact) mass is 279 g/mol. The minimum absolute atomic E-state index is 0.0480. The molecule has 0 spiro atoms. The van der Waals surface area contributed by atoms with Gasteiger partial charge in [-0.3, -0.25) is 4.79 Å². The van der Waals surface area contributed by atoms with Gasteiger partial charge in [-0.05, 0) is 49.4 Å². The van der Waals surface area contributed by atoms with E-state index in [2.05, 4.69) is 5.32 Å². The second-order valence-electron chi connectivity index (χ2n) is 5.46. The molecule has 20 heavy (non-hydrogen) atoms. The van der Waals surface area contributed by atoms with Crippen molar-refractivity contribution in [1.82, 2.24) is 0 Å². The number of aromatic hydroxyl groups is 1. The summed E-state index contributed by atoms with van der Waals surface area (Å²) < 4.78 is 5.40. The number of carbonyl (C=O) groups is 1. The first-order valence-corrected chi connectivity index (χ1v) is 7.10. The zero-order chi connectivity index (χ0) is 15.3. The number of benzene rings is 1. The maximum atomic E-state index is 11.9. The summed E-state index contributed by atoms with van der Waals surface area (Å²) >= 11 is 0. The molecular weight excluding hydrogens is 254 g/mol. The SMILES string of the molecule is CC[C@H](C)OCC(=O)Nc1cc(C(C)C)c(O)cc1C. The lowest BCUT2D eigenvalue weighted by atomic mass is 9.99. The van der Waals surface area contributed by atoms with Crippen LogP contribution in [0, 0.1) is 6.92 Å². The number of hydrogen-bond donors (Lipinski definition) is 2. The van der Waals surface area contributed by atoms with Crippen LogP contribution in [0.4, 0.5) is 5.69 Å². The Kier molecular flexibility index (Phi) is 6.02. The van der Waals surface area contributed by atoms with E-state index in [9.17, 15) is 9.90 Å². The maximum absolute atomic E-state index is 11.9. The van der Waals surface area contributed by atoms with Crippen LogP contribution in [-0.2, 0) is 9.53 Å². The molecule has 112 valence electrons.